The lowest BCUT2D eigenvalue weighted by atomic mass is 9.92. The third-order valence-electron chi connectivity index (χ3n) is 5.99. The number of rotatable bonds is 2. The largest absolute Gasteiger partial charge is 0.436 e. The van der Waals surface area contributed by atoms with Crippen molar-refractivity contribution in [2.45, 2.75) is 52.6 Å². The Labute approximate surface area is 165 Å². The third kappa shape index (κ3) is 2.45. The number of nitrogens with zero attached hydrogens (tertiary/aromatic N) is 4. The van der Waals surface area contributed by atoms with Gasteiger partial charge < -0.3 is 14.2 Å². The summed E-state index contributed by atoms with van der Waals surface area (Å²) in [5.41, 5.74) is 5.74. The summed E-state index contributed by atoms with van der Waals surface area (Å²) in [6, 6.07) is 9.08. The van der Waals surface area contributed by atoms with Gasteiger partial charge in [0.1, 0.15) is 0 Å². The van der Waals surface area contributed by atoms with Gasteiger partial charge in [-0.05, 0) is 70.4 Å². The molecule has 2 aliphatic rings. The molecule has 4 heterocycles. The molecule has 28 heavy (non-hydrogen) atoms. The van der Waals surface area contributed by atoms with Crippen molar-refractivity contribution in [1.29, 1.82) is 0 Å². The maximum Gasteiger partial charge on any atom is 0.227 e. The molecule has 1 aliphatic heterocycles. The molecule has 0 spiro atoms. The van der Waals surface area contributed by atoms with Crippen LogP contribution >= 0.6 is 0 Å². The molecule has 0 amide bonds. The number of fused-ring (bicyclic) bond motifs is 4. The Morgan fingerprint density at radius 2 is 1.89 bits per heavy atom. The van der Waals surface area contributed by atoms with Gasteiger partial charge in [-0.1, -0.05) is 0 Å². The van der Waals surface area contributed by atoms with Crippen molar-refractivity contribution in [2.75, 3.05) is 16.3 Å². The zero-order valence-corrected chi connectivity index (χ0v) is 16.9. The minimum atomic E-state index is 0.357. The summed E-state index contributed by atoms with van der Waals surface area (Å²) in [6.45, 7) is 9.89. The minimum Gasteiger partial charge on any atom is -0.436 e. The van der Waals surface area contributed by atoms with Gasteiger partial charge in [-0.25, -0.2) is 9.97 Å². The van der Waals surface area contributed by atoms with Gasteiger partial charge in [0, 0.05) is 42.0 Å². The highest BCUT2D eigenvalue weighted by Crippen LogP contribution is 2.44. The van der Waals surface area contributed by atoms with Gasteiger partial charge in [0.15, 0.2) is 11.6 Å². The molecule has 0 N–H and O–H groups in total. The van der Waals surface area contributed by atoms with Crippen LogP contribution in [0.1, 0.15) is 45.4 Å². The van der Waals surface area contributed by atoms with Crippen LogP contribution in [0.25, 0.3) is 16.8 Å². The predicted octanol–water partition coefficient (Wildman–Crippen LogP) is 5.02. The Balaban J connectivity index is 1.70. The number of furan rings is 1. The molecule has 144 valence electrons. The lowest BCUT2D eigenvalue weighted by molar-refractivity contribution is 0.541. The van der Waals surface area contributed by atoms with Gasteiger partial charge in [-0.3, -0.25) is 0 Å². The van der Waals surface area contributed by atoms with E-state index in [0.717, 1.165) is 47.8 Å². The number of hydrogen-bond donors (Lipinski definition) is 0. The van der Waals surface area contributed by atoms with Crippen molar-refractivity contribution in [3.8, 4) is 0 Å². The van der Waals surface area contributed by atoms with Gasteiger partial charge in [0.25, 0.3) is 0 Å². The number of aromatic nitrogens is 2. The summed E-state index contributed by atoms with van der Waals surface area (Å²) in [5, 5.41) is 1.14. The number of pyridine rings is 2. The van der Waals surface area contributed by atoms with Crippen LogP contribution in [0.3, 0.4) is 0 Å². The highest BCUT2D eigenvalue weighted by atomic mass is 16.3. The van der Waals surface area contributed by atoms with Crippen LogP contribution in [0, 0.1) is 0 Å². The molecular formula is C23H26N4O. The predicted molar refractivity (Wildman–Crippen MR) is 114 cm³/mol. The van der Waals surface area contributed by atoms with Gasteiger partial charge >= 0.3 is 0 Å². The van der Waals surface area contributed by atoms with Crippen molar-refractivity contribution >= 4 is 28.3 Å². The molecule has 5 nitrogen and oxygen atoms in total. The smallest absolute Gasteiger partial charge is 0.227 e. The standard InChI is InChI=1S/C23H26N4O/c1-14(2)27-16(4)13-26(19-8-6-11-24-22(19)27)20-15(3)9-10-17-18-7-5-12-25-23(18)28-21(17)20/h5-8,11-12,14,16H,9-10,13H2,1-4H3/t16-/m1/s1. The average molecular weight is 374 g/mol. The summed E-state index contributed by atoms with van der Waals surface area (Å²) >= 11 is 0. The lowest BCUT2D eigenvalue weighted by Crippen LogP contribution is -2.50. The minimum absolute atomic E-state index is 0.357. The highest BCUT2D eigenvalue weighted by molar-refractivity contribution is 5.92. The molecule has 0 saturated heterocycles. The van der Waals surface area contributed by atoms with E-state index in [9.17, 15) is 0 Å². The second kappa shape index (κ2) is 6.36. The van der Waals surface area contributed by atoms with Crippen LogP contribution < -0.4 is 9.80 Å². The normalized spacial score (nSPS) is 19.4. The molecule has 5 rings (SSSR count). The van der Waals surface area contributed by atoms with E-state index in [1.807, 2.05) is 18.3 Å². The van der Waals surface area contributed by atoms with E-state index < -0.39 is 0 Å². The molecule has 0 radical (unpaired) electrons. The molecule has 0 fully saturated rings. The average Bonchev–Trinajstić information content (AvgIpc) is 3.05. The molecule has 1 aliphatic carbocycles. The molecule has 1 atom stereocenters. The Bertz CT molecular complexity index is 1080. The second-order valence-electron chi connectivity index (χ2n) is 8.20. The summed E-state index contributed by atoms with van der Waals surface area (Å²) in [6.07, 6.45) is 5.74. The number of anilines is 2. The van der Waals surface area contributed by atoms with E-state index in [1.165, 1.54) is 16.8 Å². The van der Waals surface area contributed by atoms with Crippen molar-refractivity contribution in [1.82, 2.24) is 9.97 Å². The summed E-state index contributed by atoms with van der Waals surface area (Å²) in [7, 11) is 0. The van der Waals surface area contributed by atoms with E-state index in [-0.39, 0.29) is 0 Å². The maximum absolute atomic E-state index is 6.31. The first-order valence-electron chi connectivity index (χ1n) is 10.1. The van der Waals surface area contributed by atoms with Crippen LogP contribution in [-0.4, -0.2) is 28.6 Å². The monoisotopic (exact) mass is 374 g/mol. The molecular weight excluding hydrogens is 348 g/mol. The van der Waals surface area contributed by atoms with E-state index in [4.69, 9.17) is 9.40 Å². The molecule has 0 aromatic carbocycles. The van der Waals surface area contributed by atoms with Gasteiger partial charge in [-0.2, -0.15) is 0 Å². The van der Waals surface area contributed by atoms with Crippen molar-refractivity contribution in [3.05, 3.63) is 53.6 Å². The third-order valence-corrected chi connectivity index (χ3v) is 5.99. The van der Waals surface area contributed by atoms with Gasteiger partial charge in [0.2, 0.25) is 5.71 Å². The van der Waals surface area contributed by atoms with E-state index in [0.29, 0.717) is 12.1 Å². The highest BCUT2D eigenvalue weighted by Gasteiger charge is 2.36. The zero-order valence-electron chi connectivity index (χ0n) is 16.9. The van der Waals surface area contributed by atoms with Crippen LogP contribution in [0.15, 0.2) is 46.6 Å². The number of aryl methyl sites for hydroxylation is 1. The van der Waals surface area contributed by atoms with Crippen molar-refractivity contribution in [3.63, 3.8) is 0 Å². The Kier molecular flexibility index (Phi) is 3.93. The van der Waals surface area contributed by atoms with Gasteiger partial charge in [0.05, 0.1) is 11.4 Å². The number of hydrogen-bond acceptors (Lipinski definition) is 5. The van der Waals surface area contributed by atoms with E-state index >= 15 is 0 Å². The Morgan fingerprint density at radius 3 is 2.71 bits per heavy atom. The SMILES string of the molecule is CC1=C(N2C[C@@H](C)N(C(C)C)c3ncccc32)c2oc3ncccc3c2CC1. The van der Waals surface area contributed by atoms with Crippen LogP contribution in [0.4, 0.5) is 11.5 Å². The van der Waals surface area contributed by atoms with Crippen molar-refractivity contribution < 1.29 is 4.42 Å². The first kappa shape index (κ1) is 17.3. The van der Waals surface area contributed by atoms with Crippen LogP contribution in [0.5, 0.6) is 0 Å². The quantitative estimate of drug-likeness (QED) is 0.630. The van der Waals surface area contributed by atoms with E-state index in [2.05, 4.69) is 54.6 Å². The molecule has 0 bridgehead atoms. The lowest BCUT2D eigenvalue weighted by Gasteiger charge is -2.45. The van der Waals surface area contributed by atoms with Gasteiger partial charge in [-0.15, -0.1) is 0 Å². The Hall–Kier alpha value is -2.82. The summed E-state index contributed by atoms with van der Waals surface area (Å²) in [5.74, 6) is 2.04. The fourth-order valence-corrected chi connectivity index (χ4v) is 4.82. The molecule has 3 aromatic rings. The zero-order chi connectivity index (χ0) is 19.4. The van der Waals surface area contributed by atoms with Crippen molar-refractivity contribution in [2.24, 2.45) is 0 Å². The maximum atomic E-state index is 6.31. The fourth-order valence-electron chi connectivity index (χ4n) is 4.82. The second-order valence-corrected chi connectivity index (χ2v) is 8.20. The number of allylic oxidation sites excluding steroid dienone is 1. The summed E-state index contributed by atoms with van der Waals surface area (Å²) in [4.78, 5) is 14.1. The first-order chi connectivity index (χ1) is 13.6. The topological polar surface area (TPSA) is 45.4 Å². The van der Waals surface area contributed by atoms with Crippen LogP contribution in [-0.2, 0) is 6.42 Å². The first-order valence-corrected chi connectivity index (χ1v) is 10.1. The molecule has 5 heteroatoms. The molecule has 3 aromatic heterocycles. The molecule has 0 unspecified atom stereocenters. The fraction of sp³-hybridized carbons (Fsp3) is 0.391. The van der Waals surface area contributed by atoms with Crippen LogP contribution in [0.2, 0.25) is 0 Å². The Morgan fingerprint density at radius 1 is 1.11 bits per heavy atom. The van der Waals surface area contributed by atoms with E-state index in [1.54, 1.807) is 6.20 Å². The summed E-state index contributed by atoms with van der Waals surface area (Å²) < 4.78 is 6.31. The molecule has 0 saturated carbocycles.